The van der Waals surface area contributed by atoms with E-state index in [4.69, 9.17) is 18.9 Å². The Morgan fingerprint density at radius 1 is 0.686 bits per heavy atom. The zero-order chi connectivity index (χ0) is 40.0. The van der Waals surface area contributed by atoms with Crippen LogP contribution in [0.25, 0.3) is 0 Å². The molecule has 2 N–H and O–H groups in total. The molecule has 0 saturated heterocycles. The van der Waals surface area contributed by atoms with E-state index >= 15 is 0 Å². The fraction of sp³-hybridized carbons (Fsp3) is 0.600. The van der Waals surface area contributed by atoms with E-state index in [9.17, 15) is 26.4 Å². The number of alkyl carbamates (subject to hydrolysis) is 2. The summed E-state index contributed by atoms with van der Waals surface area (Å²) in [5, 5.41) is 5.12. The average molecular weight is 872 g/mol. The predicted octanol–water partition coefficient (Wildman–Crippen LogP) is 6.51. The quantitative estimate of drug-likeness (QED) is 0.136. The number of likely N-dealkylation sites (N-methyl/N-ethyl adjacent to an activating group) is 1. The third-order valence-corrected chi connectivity index (χ3v) is 10.9. The van der Waals surface area contributed by atoms with Crippen LogP contribution in [0.4, 0.5) is 9.59 Å². The number of amides is 2. The van der Waals surface area contributed by atoms with Crippen LogP contribution >= 0.6 is 22.6 Å². The molecule has 0 aliphatic rings. The first kappa shape index (κ1) is 48.2. The summed E-state index contributed by atoms with van der Waals surface area (Å²) in [6, 6.07) is 6.79. The van der Waals surface area contributed by atoms with Crippen molar-refractivity contribution in [2.45, 2.75) is 96.7 Å². The Labute approximate surface area is 319 Å². The van der Waals surface area contributed by atoms with Crippen molar-refractivity contribution in [1.29, 1.82) is 0 Å². The lowest BCUT2D eigenvalue weighted by Crippen LogP contribution is -2.39. The summed E-state index contributed by atoms with van der Waals surface area (Å²) in [6.07, 6.45) is -0.807. The number of sulfonamides is 1. The van der Waals surface area contributed by atoms with Crippen molar-refractivity contribution >= 4 is 54.6 Å². The van der Waals surface area contributed by atoms with Gasteiger partial charge in [-0.3, -0.25) is 0 Å². The van der Waals surface area contributed by atoms with Gasteiger partial charge in [-0.25, -0.2) is 26.4 Å². The lowest BCUT2D eigenvalue weighted by atomic mass is 10.1. The van der Waals surface area contributed by atoms with Crippen LogP contribution in [0.2, 0.25) is 0 Å². The highest BCUT2D eigenvalue weighted by molar-refractivity contribution is 14.1. The highest BCUT2D eigenvalue weighted by Crippen LogP contribution is 2.28. The molecule has 0 fully saturated rings. The van der Waals surface area contributed by atoms with Gasteiger partial charge in [0.2, 0.25) is 10.0 Å². The van der Waals surface area contributed by atoms with Crippen LogP contribution in [-0.2, 0) is 29.3 Å². The fourth-order valence-electron chi connectivity index (χ4n) is 4.73. The van der Waals surface area contributed by atoms with Gasteiger partial charge in [-0.05, 0) is 127 Å². The summed E-state index contributed by atoms with van der Waals surface area (Å²) in [7, 11) is -2.53. The molecule has 292 valence electrons. The number of nitrogens with zero attached hydrogens (tertiary/aromatic N) is 1. The van der Waals surface area contributed by atoms with E-state index in [0.717, 1.165) is 0 Å². The van der Waals surface area contributed by atoms with Gasteiger partial charge in [-0.2, -0.15) is 4.31 Å². The molecule has 2 aromatic carbocycles. The molecule has 2 aromatic rings. The number of nitrogens with one attached hydrogen (secondary N) is 2. The molecule has 0 aliphatic carbocycles. The van der Waals surface area contributed by atoms with Gasteiger partial charge >= 0.3 is 12.2 Å². The van der Waals surface area contributed by atoms with E-state index in [1.54, 1.807) is 101 Å². The Morgan fingerprint density at radius 3 is 1.39 bits per heavy atom. The minimum absolute atomic E-state index is 0.0448. The fourth-order valence-corrected chi connectivity index (χ4v) is 8.13. The zero-order valence-electron chi connectivity index (χ0n) is 32.6. The van der Waals surface area contributed by atoms with E-state index < -0.39 is 43.2 Å². The number of alkyl halides is 1. The smallest absolute Gasteiger partial charge is 0.407 e. The summed E-state index contributed by atoms with van der Waals surface area (Å²) >= 11 is 2.15. The van der Waals surface area contributed by atoms with E-state index in [0.29, 0.717) is 45.1 Å². The van der Waals surface area contributed by atoms with E-state index in [2.05, 4.69) is 33.2 Å². The van der Waals surface area contributed by atoms with Gasteiger partial charge in [0.25, 0.3) is 0 Å². The molecule has 0 atom stereocenters. The predicted molar refractivity (Wildman–Crippen MR) is 210 cm³/mol. The number of benzene rings is 2. The molecular weight excluding hydrogens is 813 g/mol. The molecular formula is C35H58IN3O10S2. The van der Waals surface area contributed by atoms with Crippen molar-refractivity contribution in [3.63, 3.8) is 0 Å². The maximum absolute atomic E-state index is 12.8. The Balaban J connectivity index is 0.000000935. The first-order valence-electron chi connectivity index (χ1n) is 16.2. The topological polar surface area (TPSA) is 167 Å². The van der Waals surface area contributed by atoms with E-state index in [-0.39, 0.29) is 30.3 Å². The number of hydrogen-bond donors (Lipinski definition) is 2. The largest absolute Gasteiger partial charge is 0.497 e. The molecule has 0 heterocycles. The van der Waals surface area contributed by atoms with Gasteiger partial charge in [0.1, 0.15) is 22.7 Å². The second-order valence-corrected chi connectivity index (χ2v) is 17.6. The molecule has 0 saturated carbocycles. The van der Waals surface area contributed by atoms with Crippen molar-refractivity contribution in [2.75, 3.05) is 51.6 Å². The molecule has 13 nitrogen and oxygen atoms in total. The van der Waals surface area contributed by atoms with Crippen molar-refractivity contribution < 1.29 is 45.4 Å². The number of aryl methyl sites for hydroxylation is 4. The summed E-state index contributed by atoms with van der Waals surface area (Å²) in [5.41, 5.74) is 1.37. The lowest BCUT2D eigenvalue weighted by Gasteiger charge is -2.22. The molecule has 2 rings (SSSR count). The standard InChI is InChI=1S/C17H28N2O5S.C17H27NO5S.CH3I/c1-12-10-14(23-7)11-13(2)15(12)25(21,22)19(6)9-8-18-16(20)24-17(3,4)5;1-12-10-14(22-6)11-13(2)15(12)24(20,21)9-7-8-18-16(19)23-17(3,4)5;1-2/h10-11H,8-9H2,1-7H3,(H,18,20);10-11H,7-9H2,1-6H3,(H,18,19);1H3. The Morgan fingerprint density at radius 2 is 1.04 bits per heavy atom. The molecule has 0 unspecified atom stereocenters. The van der Waals surface area contributed by atoms with Crippen LogP contribution in [0.15, 0.2) is 34.1 Å². The number of halogens is 1. The van der Waals surface area contributed by atoms with Crippen molar-refractivity contribution in [3.05, 3.63) is 46.5 Å². The molecule has 2 amide bonds. The van der Waals surface area contributed by atoms with Gasteiger partial charge < -0.3 is 29.6 Å². The summed E-state index contributed by atoms with van der Waals surface area (Å²) in [5.74, 6) is 1.20. The van der Waals surface area contributed by atoms with Crippen LogP contribution < -0.4 is 20.1 Å². The molecule has 51 heavy (non-hydrogen) atoms. The Kier molecular flexibility index (Phi) is 19.8. The van der Waals surface area contributed by atoms with E-state index in [1.165, 1.54) is 18.5 Å². The molecule has 16 heteroatoms. The van der Waals surface area contributed by atoms with Crippen LogP contribution in [0, 0.1) is 27.7 Å². The highest BCUT2D eigenvalue weighted by atomic mass is 127. The molecule has 0 aromatic heterocycles. The van der Waals surface area contributed by atoms with Crippen LogP contribution in [-0.4, -0.2) is 96.1 Å². The van der Waals surface area contributed by atoms with Gasteiger partial charge in [0, 0.05) is 26.7 Å². The summed E-state index contributed by atoms with van der Waals surface area (Å²) < 4.78 is 72.5. The third kappa shape index (κ3) is 17.0. The summed E-state index contributed by atoms with van der Waals surface area (Å²) in [4.78, 5) is 25.7. The third-order valence-electron chi connectivity index (χ3n) is 6.67. The number of hydrogen-bond acceptors (Lipinski definition) is 10. The Hall–Kier alpha value is -2.83. The summed E-state index contributed by atoms with van der Waals surface area (Å²) in [6.45, 7) is 18.1. The number of carbonyl (C=O) groups excluding carboxylic acids is 2. The van der Waals surface area contributed by atoms with E-state index in [1.807, 2.05) is 4.93 Å². The second-order valence-electron chi connectivity index (χ2n) is 13.5. The maximum Gasteiger partial charge on any atom is 0.407 e. The van der Waals surface area contributed by atoms with Gasteiger partial charge in [0.05, 0.1) is 29.8 Å². The second kappa shape index (κ2) is 21.0. The normalized spacial score (nSPS) is 11.7. The van der Waals surface area contributed by atoms with Crippen molar-refractivity contribution in [1.82, 2.24) is 14.9 Å². The van der Waals surface area contributed by atoms with Crippen LogP contribution in [0.3, 0.4) is 0 Å². The number of methoxy groups -OCH3 is 2. The molecule has 0 radical (unpaired) electrons. The number of sulfone groups is 1. The lowest BCUT2D eigenvalue weighted by molar-refractivity contribution is 0.0515. The SMILES string of the molecule is CI.COc1cc(C)c(S(=O)(=O)CCCNC(=O)OC(C)(C)C)c(C)c1.COc1cc(C)c(S(=O)(=O)N(C)CCNC(=O)OC(C)(C)C)c(C)c1. The minimum atomic E-state index is -3.67. The highest BCUT2D eigenvalue weighted by Gasteiger charge is 2.26. The number of ether oxygens (including phenoxy) is 4. The maximum atomic E-state index is 12.8. The molecule has 0 bridgehead atoms. The average Bonchev–Trinajstić information content (AvgIpc) is 2.97. The van der Waals surface area contributed by atoms with Gasteiger partial charge in [-0.1, -0.05) is 22.6 Å². The van der Waals surface area contributed by atoms with Gasteiger partial charge in [0.15, 0.2) is 9.84 Å². The Bertz CT molecular complexity index is 1620. The van der Waals surface area contributed by atoms with Crippen LogP contribution in [0.1, 0.15) is 70.2 Å². The van der Waals surface area contributed by atoms with Crippen LogP contribution in [0.5, 0.6) is 11.5 Å². The first-order valence-corrected chi connectivity index (χ1v) is 21.4. The minimum Gasteiger partial charge on any atom is -0.497 e. The number of carbonyl (C=O) groups is 2. The molecule has 0 spiro atoms. The zero-order valence-corrected chi connectivity index (χ0v) is 36.4. The monoisotopic (exact) mass is 871 g/mol. The van der Waals surface area contributed by atoms with Crippen molar-refractivity contribution in [2.24, 2.45) is 0 Å². The van der Waals surface area contributed by atoms with Gasteiger partial charge in [-0.15, -0.1) is 0 Å². The number of rotatable bonds is 12. The molecule has 0 aliphatic heterocycles. The van der Waals surface area contributed by atoms with Crippen molar-refractivity contribution in [3.8, 4) is 11.5 Å². The first-order chi connectivity index (χ1) is 23.3.